The number of hydrogen-bond donors (Lipinski definition) is 1. The third-order valence-electron chi connectivity index (χ3n) is 10.8. The average molecular weight is 415 g/mol. The highest BCUT2D eigenvalue weighted by atomic mass is 16.2. The molecule has 0 unspecified atom stereocenters. The Hall–Kier alpha value is -0.790. The number of hydrogen-bond acceptors (Lipinski definition) is 2. The lowest BCUT2D eigenvalue weighted by atomic mass is 9.44. The summed E-state index contributed by atoms with van der Waals surface area (Å²) >= 11 is 0. The molecule has 0 aliphatic heterocycles. The molecule has 1 N–H and O–H groups in total. The number of rotatable bonds is 5. The molecular formula is C28H46O2. The van der Waals surface area contributed by atoms with Gasteiger partial charge in [0.1, 0.15) is 0 Å². The molecule has 4 rings (SSSR count). The van der Waals surface area contributed by atoms with Crippen molar-refractivity contribution in [1.82, 2.24) is 0 Å². The van der Waals surface area contributed by atoms with Gasteiger partial charge in [-0.1, -0.05) is 53.9 Å². The standard InChI is InChI=1S/C28H46O2/c1-18(2)7-6-8-19(3)23-11-12-24-22-10-9-21-15-26(30)20(17-29)16-28(21,5)25(22)13-14-27(23,24)4/h17-19,21-25,29H,6-16H2,1-5H3/b20-17+/t19-,21+,22+,23-,24+,25+,27-,28+/m1/s1. The van der Waals surface area contributed by atoms with Crippen molar-refractivity contribution < 1.29 is 9.90 Å². The van der Waals surface area contributed by atoms with E-state index < -0.39 is 0 Å². The van der Waals surface area contributed by atoms with Crippen LogP contribution in [-0.2, 0) is 4.79 Å². The van der Waals surface area contributed by atoms with Gasteiger partial charge in [0.05, 0.1) is 6.26 Å². The first-order chi connectivity index (χ1) is 14.2. The normalized spacial score (nSPS) is 45.9. The van der Waals surface area contributed by atoms with Crippen LogP contribution in [-0.4, -0.2) is 10.9 Å². The number of aliphatic hydroxyl groups is 1. The largest absolute Gasteiger partial charge is 0.515 e. The summed E-state index contributed by atoms with van der Waals surface area (Å²) in [6, 6.07) is 0. The van der Waals surface area contributed by atoms with Gasteiger partial charge in [0.2, 0.25) is 0 Å². The van der Waals surface area contributed by atoms with Crippen LogP contribution in [0.3, 0.4) is 0 Å². The van der Waals surface area contributed by atoms with Crippen LogP contribution < -0.4 is 0 Å². The zero-order valence-corrected chi connectivity index (χ0v) is 20.3. The van der Waals surface area contributed by atoms with Crippen molar-refractivity contribution in [3.8, 4) is 0 Å². The van der Waals surface area contributed by atoms with E-state index in [4.69, 9.17) is 0 Å². The molecule has 4 fully saturated rings. The molecule has 2 heteroatoms. The Kier molecular flexibility index (Phi) is 6.19. The average Bonchev–Trinajstić information content (AvgIpc) is 3.05. The number of aliphatic hydroxyl groups excluding tert-OH is 1. The second kappa shape index (κ2) is 8.28. The van der Waals surface area contributed by atoms with Crippen molar-refractivity contribution in [2.75, 3.05) is 0 Å². The molecular weight excluding hydrogens is 368 g/mol. The van der Waals surface area contributed by atoms with E-state index in [2.05, 4.69) is 34.6 Å². The maximum absolute atomic E-state index is 12.4. The molecule has 4 aliphatic rings. The van der Waals surface area contributed by atoms with Crippen molar-refractivity contribution in [1.29, 1.82) is 0 Å². The van der Waals surface area contributed by atoms with Crippen LogP contribution in [0.2, 0.25) is 0 Å². The molecule has 0 heterocycles. The first-order valence-electron chi connectivity index (χ1n) is 13.1. The summed E-state index contributed by atoms with van der Waals surface area (Å²) in [5.74, 6) is 5.79. The van der Waals surface area contributed by atoms with E-state index >= 15 is 0 Å². The molecule has 0 aromatic rings. The van der Waals surface area contributed by atoms with Gasteiger partial charge < -0.3 is 5.11 Å². The van der Waals surface area contributed by atoms with Crippen molar-refractivity contribution in [3.05, 3.63) is 11.8 Å². The van der Waals surface area contributed by atoms with E-state index in [1.807, 2.05) is 0 Å². The Morgan fingerprint density at radius 1 is 1.00 bits per heavy atom. The third-order valence-corrected chi connectivity index (χ3v) is 10.8. The van der Waals surface area contributed by atoms with Gasteiger partial charge >= 0.3 is 0 Å². The van der Waals surface area contributed by atoms with Gasteiger partial charge in [-0.2, -0.15) is 0 Å². The number of carbonyl (C=O) groups is 1. The Morgan fingerprint density at radius 2 is 1.73 bits per heavy atom. The molecule has 8 atom stereocenters. The van der Waals surface area contributed by atoms with Crippen LogP contribution in [0.5, 0.6) is 0 Å². The lowest BCUT2D eigenvalue weighted by Crippen LogP contribution is -2.54. The quantitative estimate of drug-likeness (QED) is 0.369. The number of fused-ring (bicyclic) bond motifs is 5. The number of Topliss-reactive ketones (excluding diaryl/α,β-unsaturated/α-hetero) is 1. The van der Waals surface area contributed by atoms with Gasteiger partial charge in [0, 0.05) is 12.0 Å². The topological polar surface area (TPSA) is 37.3 Å². The maximum atomic E-state index is 12.4. The Balaban J connectivity index is 1.50. The summed E-state index contributed by atoms with van der Waals surface area (Å²) in [6.07, 6.45) is 14.9. The summed E-state index contributed by atoms with van der Waals surface area (Å²) in [7, 11) is 0. The van der Waals surface area contributed by atoms with Gasteiger partial charge in [-0.05, 0) is 97.2 Å². The predicted octanol–water partition coefficient (Wildman–Crippen LogP) is 7.73. The first kappa shape index (κ1) is 22.4. The van der Waals surface area contributed by atoms with E-state index in [1.165, 1.54) is 57.8 Å². The fourth-order valence-corrected chi connectivity index (χ4v) is 9.15. The zero-order chi connectivity index (χ0) is 21.7. The highest BCUT2D eigenvalue weighted by molar-refractivity contribution is 5.96. The SMILES string of the molecule is CC(C)CCC[C@@H](C)[C@H]1CC[C@H]2[C@@H]3CC[C@H]4CC(=O)/C(=C/O)C[C@]4(C)[C@H]3CC[C@]12C. The monoisotopic (exact) mass is 414 g/mol. The Bertz CT molecular complexity index is 678. The van der Waals surface area contributed by atoms with Crippen molar-refractivity contribution in [3.63, 3.8) is 0 Å². The van der Waals surface area contributed by atoms with E-state index in [0.29, 0.717) is 23.3 Å². The first-order valence-corrected chi connectivity index (χ1v) is 13.1. The van der Waals surface area contributed by atoms with Crippen molar-refractivity contribution in [2.24, 2.45) is 52.3 Å². The van der Waals surface area contributed by atoms with Crippen molar-refractivity contribution >= 4 is 5.78 Å². The van der Waals surface area contributed by atoms with Gasteiger partial charge in [0.15, 0.2) is 5.78 Å². The summed E-state index contributed by atoms with van der Waals surface area (Å²) in [4.78, 5) is 12.4. The highest BCUT2D eigenvalue weighted by Crippen LogP contribution is 2.68. The van der Waals surface area contributed by atoms with E-state index in [9.17, 15) is 9.90 Å². The fourth-order valence-electron chi connectivity index (χ4n) is 9.15. The van der Waals surface area contributed by atoms with Crippen LogP contribution >= 0.6 is 0 Å². The minimum atomic E-state index is 0.204. The van der Waals surface area contributed by atoms with Crippen LogP contribution in [0.4, 0.5) is 0 Å². The second-order valence-corrected chi connectivity index (χ2v) is 12.6. The van der Waals surface area contributed by atoms with Crippen LogP contribution in [0, 0.1) is 52.3 Å². The third kappa shape index (κ3) is 3.58. The summed E-state index contributed by atoms with van der Waals surface area (Å²) in [5, 5.41) is 9.67. The number of carbonyl (C=O) groups excluding carboxylic acids is 1. The molecule has 0 amide bonds. The van der Waals surface area contributed by atoms with Gasteiger partial charge in [-0.3, -0.25) is 4.79 Å². The molecule has 30 heavy (non-hydrogen) atoms. The van der Waals surface area contributed by atoms with Gasteiger partial charge in [-0.15, -0.1) is 0 Å². The molecule has 0 aromatic carbocycles. The van der Waals surface area contributed by atoms with Gasteiger partial charge in [-0.25, -0.2) is 0 Å². The van der Waals surface area contributed by atoms with E-state index in [-0.39, 0.29) is 11.2 Å². The Labute approximate surface area is 185 Å². The smallest absolute Gasteiger partial charge is 0.162 e. The second-order valence-electron chi connectivity index (χ2n) is 12.6. The summed E-state index contributed by atoms with van der Waals surface area (Å²) < 4.78 is 0. The summed E-state index contributed by atoms with van der Waals surface area (Å²) in [5.41, 5.74) is 1.45. The number of allylic oxidation sites excluding steroid dienone is 1. The lowest BCUT2D eigenvalue weighted by molar-refractivity contribution is -0.133. The predicted molar refractivity (Wildman–Crippen MR) is 124 cm³/mol. The molecule has 0 bridgehead atoms. The number of ketones is 1. The molecule has 4 saturated carbocycles. The minimum Gasteiger partial charge on any atom is -0.515 e. The minimum absolute atomic E-state index is 0.204. The highest BCUT2D eigenvalue weighted by Gasteiger charge is 2.61. The fraction of sp³-hybridized carbons (Fsp3) is 0.893. The van der Waals surface area contributed by atoms with E-state index in [1.54, 1.807) is 0 Å². The molecule has 0 spiro atoms. The maximum Gasteiger partial charge on any atom is 0.162 e. The van der Waals surface area contributed by atoms with Crippen LogP contribution in [0.25, 0.3) is 0 Å². The van der Waals surface area contributed by atoms with E-state index in [0.717, 1.165) is 48.2 Å². The molecule has 0 saturated heterocycles. The molecule has 2 nitrogen and oxygen atoms in total. The molecule has 4 aliphatic carbocycles. The van der Waals surface area contributed by atoms with Crippen LogP contribution in [0.15, 0.2) is 11.8 Å². The lowest BCUT2D eigenvalue weighted by Gasteiger charge is -2.60. The summed E-state index contributed by atoms with van der Waals surface area (Å²) in [6.45, 7) is 12.4. The van der Waals surface area contributed by atoms with Gasteiger partial charge in [0.25, 0.3) is 0 Å². The van der Waals surface area contributed by atoms with Crippen LogP contribution in [0.1, 0.15) is 105 Å². The molecule has 0 aromatic heterocycles. The zero-order valence-electron chi connectivity index (χ0n) is 20.3. The Morgan fingerprint density at radius 3 is 2.43 bits per heavy atom. The molecule has 170 valence electrons. The molecule has 0 radical (unpaired) electrons. The van der Waals surface area contributed by atoms with Crippen molar-refractivity contribution in [2.45, 2.75) is 105 Å².